The molecule has 0 radical (unpaired) electrons. The summed E-state index contributed by atoms with van der Waals surface area (Å²) >= 11 is 0. The first-order chi connectivity index (χ1) is 8.43. The third-order valence-corrected chi connectivity index (χ3v) is 4.17. The molecular formula is C14H24O2Si. The molecule has 0 amide bonds. The number of rotatable bonds is 10. The van der Waals surface area contributed by atoms with E-state index in [0.717, 1.165) is 32.7 Å². The second-order valence-electron chi connectivity index (χ2n) is 4.17. The summed E-state index contributed by atoms with van der Waals surface area (Å²) in [6, 6.07) is 11.8. The highest BCUT2D eigenvalue weighted by atomic mass is 28.2. The van der Waals surface area contributed by atoms with E-state index >= 15 is 0 Å². The van der Waals surface area contributed by atoms with Gasteiger partial charge in [-0.15, -0.1) is 0 Å². The molecule has 0 aromatic heterocycles. The Morgan fingerprint density at radius 2 is 1.88 bits per heavy atom. The zero-order chi connectivity index (χ0) is 12.2. The van der Waals surface area contributed by atoms with E-state index in [1.54, 1.807) is 0 Å². The quantitative estimate of drug-likeness (QED) is 0.471. The van der Waals surface area contributed by atoms with Crippen LogP contribution in [-0.4, -0.2) is 29.6 Å². The van der Waals surface area contributed by atoms with Gasteiger partial charge >= 0.3 is 0 Å². The first kappa shape index (κ1) is 14.4. The Hall–Kier alpha value is -0.643. The van der Waals surface area contributed by atoms with Crippen LogP contribution >= 0.6 is 0 Å². The second-order valence-corrected chi connectivity index (χ2v) is 5.69. The first-order valence-corrected chi connectivity index (χ1v) is 8.20. The fourth-order valence-electron chi connectivity index (χ4n) is 1.55. The lowest BCUT2D eigenvalue weighted by Gasteiger charge is -2.05. The lowest BCUT2D eigenvalue weighted by atomic mass is 10.2. The molecule has 0 heterocycles. The largest absolute Gasteiger partial charge is 0.424 e. The molecule has 2 nitrogen and oxygen atoms in total. The van der Waals surface area contributed by atoms with Gasteiger partial charge in [-0.05, 0) is 24.4 Å². The van der Waals surface area contributed by atoms with E-state index in [2.05, 4.69) is 31.2 Å². The molecule has 0 N–H and O–H groups in total. The van der Waals surface area contributed by atoms with Crippen LogP contribution < -0.4 is 0 Å². The van der Waals surface area contributed by atoms with Crippen LogP contribution in [0.3, 0.4) is 0 Å². The smallest absolute Gasteiger partial charge is 0.161 e. The van der Waals surface area contributed by atoms with Gasteiger partial charge in [0.15, 0.2) is 9.76 Å². The second kappa shape index (κ2) is 10.5. The van der Waals surface area contributed by atoms with Crippen molar-refractivity contribution in [3.8, 4) is 0 Å². The van der Waals surface area contributed by atoms with Gasteiger partial charge in [0.05, 0.1) is 6.61 Å². The molecule has 0 aliphatic heterocycles. The summed E-state index contributed by atoms with van der Waals surface area (Å²) in [4.78, 5) is 0. The van der Waals surface area contributed by atoms with E-state index in [-0.39, 0.29) is 9.76 Å². The molecule has 0 saturated heterocycles. The minimum absolute atomic E-state index is 0.226. The van der Waals surface area contributed by atoms with E-state index in [9.17, 15) is 0 Å². The van der Waals surface area contributed by atoms with Crippen LogP contribution in [0, 0.1) is 0 Å². The summed E-state index contributed by atoms with van der Waals surface area (Å²) < 4.78 is 11.2. The predicted octanol–water partition coefficient (Wildman–Crippen LogP) is 2.56. The molecule has 0 spiro atoms. The normalized spacial score (nSPS) is 11.4. The zero-order valence-corrected chi connectivity index (χ0v) is 12.3. The maximum Gasteiger partial charge on any atom is 0.161 e. The van der Waals surface area contributed by atoms with Crippen molar-refractivity contribution in [1.29, 1.82) is 0 Å². The molecule has 96 valence electrons. The van der Waals surface area contributed by atoms with E-state index in [1.165, 1.54) is 18.0 Å². The fourth-order valence-corrected chi connectivity index (χ4v) is 2.45. The molecule has 1 aromatic rings. The van der Waals surface area contributed by atoms with Gasteiger partial charge in [-0.3, -0.25) is 0 Å². The molecular weight excluding hydrogens is 228 g/mol. The Labute approximate surface area is 107 Å². The van der Waals surface area contributed by atoms with Gasteiger partial charge in [0, 0.05) is 13.2 Å². The van der Waals surface area contributed by atoms with Crippen molar-refractivity contribution in [2.75, 3.05) is 19.8 Å². The molecule has 0 aliphatic rings. The summed E-state index contributed by atoms with van der Waals surface area (Å²) in [6.45, 7) is 4.74. The topological polar surface area (TPSA) is 18.5 Å². The number of hydrogen-bond acceptors (Lipinski definition) is 2. The highest BCUT2D eigenvalue weighted by Crippen LogP contribution is 1.99. The van der Waals surface area contributed by atoms with Gasteiger partial charge < -0.3 is 9.16 Å². The van der Waals surface area contributed by atoms with Crippen molar-refractivity contribution >= 4 is 9.76 Å². The third-order valence-electron chi connectivity index (χ3n) is 2.60. The SMILES string of the molecule is CCC[SiH2]OCCCOCCc1ccccc1. The minimum Gasteiger partial charge on any atom is -0.424 e. The number of hydrogen-bond donors (Lipinski definition) is 0. The van der Waals surface area contributed by atoms with Gasteiger partial charge in [0.2, 0.25) is 0 Å². The lowest BCUT2D eigenvalue weighted by Crippen LogP contribution is -2.05. The Bertz CT molecular complexity index is 264. The van der Waals surface area contributed by atoms with Crippen LogP contribution in [-0.2, 0) is 15.6 Å². The van der Waals surface area contributed by atoms with Crippen molar-refractivity contribution in [3.05, 3.63) is 35.9 Å². The molecule has 0 saturated carbocycles. The standard InChI is InChI=1S/C14H24O2Si/c1-2-13-17-16-11-6-10-15-12-9-14-7-4-3-5-8-14/h3-5,7-8H,2,6,9-13,17H2,1H3. The summed E-state index contributed by atoms with van der Waals surface area (Å²) in [5.41, 5.74) is 1.35. The monoisotopic (exact) mass is 252 g/mol. The van der Waals surface area contributed by atoms with Crippen LogP contribution in [0.4, 0.5) is 0 Å². The van der Waals surface area contributed by atoms with Gasteiger partial charge in [-0.1, -0.05) is 43.7 Å². The highest BCUT2D eigenvalue weighted by Gasteiger charge is 1.93. The molecule has 0 unspecified atom stereocenters. The summed E-state index contributed by atoms with van der Waals surface area (Å²) in [5, 5.41) is 0. The van der Waals surface area contributed by atoms with Crippen LogP contribution in [0.2, 0.25) is 6.04 Å². The molecule has 0 aliphatic carbocycles. The Kier molecular flexibility index (Phi) is 8.91. The van der Waals surface area contributed by atoms with E-state index in [4.69, 9.17) is 9.16 Å². The van der Waals surface area contributed by atoms with Gasteiger partial charge in [0.25, 0.3) is 0 Å². The van der Waals surface area contributed by atoms with Crippen molar-refractivity contribution in [2.24, 2.45) is 0 Å². The molecule has 0 fully saturated rings. The summed E-state index contributed by atoms with van der Waals surface area (Å²) in [5.74, 6) is 0. The van der Waals surface area contributed by atoms with Crippen molar-refractivity contribution in [2.45, 2.75) is 32.2 Å². The Morgan fingerprint density at radius 1 is 1.06 bits per heavy atom. The van der Waals surface area contributed by atoms with Crippen molar-refractivity contribution in [3.63, 3.8) is 0 Å². The molecule has 0 bridgehead atoms. The van der Waals surface area contributed by atoms with Gasteiger partial charge in [0.1, 0.15) is 0 Å². The van der Waals surface area contributed by atoms with Crippen LogP contribution in [0.1, 0.15) is 25.3 Å². The van der Waals surface area contributed by atoms with Gasteiger partial charge in [-0.25, -0.2) is 0 Å². The summed E-state index contributed by atoms with van der Waals surface area (Å²) in [7, 11) is -0.226. The maximum absolute atomic E-state index is 5.60. The molecule has 0 atom stereocenters. The molecule has 17 heavy (non-hydrogen) atoms. The molecule has 1 rings (SSSR count). The Balaban J connectivity index is 1.85. The molecule has 3 heteroatoms. The average molecular weight is 252 g/mol. The lowest BCUT2D eigenvalue weighted by molar-refractivity contribution is 0.122. The summed E-state index contributed by atoms with van der Waals surface area (Å²) in [6.07, 6.45) is 3.30. The zero-order valence-electron chi connectivity index (χ0n) is 10.9. The van der Waals surface area contributed by atoms with Crippen LogP contribution in [0.5, 0.6) is 0 Å². The van der Waals surface area contributed by atoms with Gasteiger partial charge in [-0.2, -0.15) is 0 Å². The van der Waals surface area contributed by atoms with E-state index in [0.29, 0.717) is 0 Å². The maximum atomic E-state index is 5.60. The minimum atomic E-state index is -0.226. The van der Waals surface area contributed by atoms with Crippen LogP contribution in [0.25, 0.3) is 0 Å². The average Bonchev–Trinajstić information content (AvgIpc) is 2.38. The fraction of sp³-hybridized carbons (Fsp3) is 0.571. The number of ether oxygens (including phenoxy) is 1. The van der Waals surface area contributed by atoms with E-state index in [1.807, 2.05) is 6.07 Å². The van der Waals surface area contributed by atoms with Crippen molar-refractivity contribution < 1.29 is 9.16 Å². The molecule has 1 aromatic carbocycles. The third kappa shape index (κ3) is 8.13. The van der Waals surface area contributed by atoms with Crippen LogP contribution in [0.15, 0.2) is 30.3 Å². The first-order valence-electron chi connectivity index (χ1n) is 6.63. The van der Waals surface area contributed by atoms with Crippen molar-refractivity contribution in [1.82, 2.24) is 0 Å². The number of benzene rings is 1. The highest BCUT2D eigenvalue weighted by molar-refractivity contribution is 6.26. The predicted molar refractivity (Wildman–Crippen MR) is 75.2 cm³/mol. The van der Waals surface area contributed by atoms with E-state index < -0.39 is 0 Å². The Morgan fingerprint density at radius 3 is 2.65 bits per heavy atom.